The maximum Gasteiger partial charge on any atom is 0.149 e. The lowest BCUT2D eigenvalue weighted by atomic mass is 10.1. The van der Waals surface area contributed by atoms with Gasteiger partial charge in [0.05, 0.1) is 10.2 Å². The highest BCUT2D eigenvalue weighted by molar-refractivity contribution is 9.10. The normalized spacial score (nSPS) is 10.7. The molecule has 1 nitrogen and oxygen atoms in total. The molecule has 0 bridgehead atoms. The first-order chi connectivity index (χ1) is 9.15. The van der Waals surface area contributed by atoms with Crippen LogP contribution in [0.4, 0.5) is 14.5 Å². The van der Waals surface area contributed by atoms with Gasteiger partial charge in [0, 0.05) is 12.6 Å². The minimum atomic E-state index is -0.570. The van der Waals surface area contributed by atoms with Gasteiger partial charge in [-0.1, -0.05) is 45.4 Å². The van der Waals surface area contributed by atoms with E-state index in [1.807, 2.05) is 0 Å². The Morgan fingerprint density at radius 3 is 2.26 bits per heavy atom. The molecule has 0 saturated carbocycles. The number of hydrogen-bond donors (Lipinski definition) is 1. The van der Waals surface area contributed by atoms with Crippen LogP contribution in [-0.4, -0.2) is 6.54 Å². The second-order valence-corrected chi connectivity index (χ2v) is 5.65. The van der Waals surface area contributed by atoms with Crippen LogP contribution < -0.4 is 5.32 Å². The molecule has 19 heavy (non-hydrogen) atoms. The SMILES string of the molecule is CCCCCCCCCNc1cc(Br)c(F)cc1F. The smallest absolute Gasteiger partial charge is 0.149 e. The molecule has 1 aromatic rings. The molecule has 0 heterocycles. The van der Waals surface area contributed by atoms with Crippen molar-refractivity contribution in [3.8, 4) is 0 Å². The minimum Gasteiger partial charge on any atom is -0.383 e. The highest BCUT2D eigenvalue weighted by Crippen LogP contribution is 2.23. The molecule has 0 aliphatic heterocycles. The lowest BCUT2D eigenvalue weighted by Crippen LogP contribution is -2.04. The molecule has 108 valence electrons. The minimum absolute atomic E-state index is 0.288. The maximum atomic E-state index is 13.4. The molecular weight excluding hydrogens is 312 g/mol. The molecule has 0 amide bonds. The molecule has 0 aliphatic rings. The van der Waals surface area contributed by atoms with Crippen molar-refractivity contribution in [2.24, 2.45) is 0 Å². The first kappa shape index (κ1) is 16.4. The predicted octanol–water partition coefficient (Wildman–Crippen LogP) is 5.89. The van der Waals surface area contributed by atoms with Crippen molar-refractivity contribution >= 4 is 21.6 Å². The summed E-state index contributed by atoms with van der Waals surface area (Å²) < 4.78 is 26.7. The Bertz CT molecular complexity index is 383. The van der Waals surface area contributed by atoms with Gasteiger partial charge in [-0.3, -0.25) is 0 Å². The van der Waals surface area contributed by atoms with Gasteiger partial charge in [0.15, 0.2) is 0 Å². The Morgan fingerprint density at radius 2 is 1.58 bits per heavy atom. The second-order valence-electron chi connectivity index (χ2n) is 4.79. The number of rotatable bonds is 9. The van der Waals surface area contributed by atoms with Crippen LogP contribution in [0, 0.1) is 11.6 Å². The van der Waals surface area contributed by atoms with E-state index in [2.05, 4.69) is 28.2 Å². The third-order valence-electron chi connectivity index (χ3n) is 3.11. The number of anilines is 1. The number of hydrogen-bond acceptors (Lipinski definition) is 1. The highest BCUT2D eigenvalue weighted by atomic mass is 79.9. The zero-order chi connectivity index (χ0) is 14.1. The Hall–Kier alpha value is -0.640. The van der Waals surface area contributed by atoms with Gasteiger partial charge in [0.25, 0.3) is 0 Å². The van der Waals surface area contributed by atoms with Gasteiger partial charge in [0.1, 0.15) is 11.6 Å². The maximum absolute atomic E-state index is 13.4. The number of benzene rings is 1. The first-order valence-corrected chi connectivity index (χ1v) is 7.83. The predicted molar refractivity (Wildman–Crippen MR) is 80.5 cm³/mol. The Balaban J connectivity index is 2.17. The van der Waals surface area contributed by atoms with Crippen molar-refractivity contribution < 1.29 is 8.78 Å². The summed E-state index contributed by atoms with van der Waals surface area (Å²) in [5.74, 6) is -1.11. The van der Waals surface area contributed by atoms with Crippen molar-refractivity contribution in [1.29, 1.82) is 0 Å². The van der Waals surface area contributed by atoms with Crippen molar-refractivity contribution in [1.82, 2.24) is 0 Å². The van der Waals surface area contributed by atoms with Crippen LogP contribution in [0.1, 0.15) is 51.9 Å². The fourth-order valence-corrected chi connectivity index (χ4v) is 2.31. The van der Waals surface area contributed by atoms with E-state index < -0.39 is 11.6 Å². The molecule has 4 heteroatoms. The number of nitrogens with one attached hydrogen (secondary N) is 1. The molecular formula is C15H22BrF2N. The molecule has 0 spiro atoms. The molecule has 1 aromatic carbocycles. The van der Waals surface area contributed by atoms with Crippen molar-refractivity contribution in [3.63, 3.8) is 0 Å². The van der Waals surface area contributed by atoms with Crippen LogP contribution >= 0.6 is 15.9 Å². The summed E-state index contributed by atoms with van der Waals surface area (Å²) in [6, 6.07) is 2.35. The summed E-state index contributed by atoms with van der Waals surface area (Å²) in [5, 5.41) is 3.01. The average molecular weight is 334 g/mol. The van der Waals surface area contributed by atoms with E-state index in [0.717, 1.165) is 25.5 Å². The monoisotopic (exact) mass is 333 g/mol. The van der Waals surface area contributed by atoms with Crippen LogP contribution in [-0.2, 0) is 0 Å². The average Bonchev–Trinajstić information content (AvgIpc) is 2.38. The van der Waals surface area contributed by atoms with Crippen LogP contribution in [0.5, 0.6) is 0 Å². The largest absolute Gasteiger partial charge is 0.383 e. The van der Waals surface area contributed by atoms with Gasteiger partial charge in [-0.2, -0.15) is 0 Å². The molecule has 1 rings (SSSR count). The lowest BCUT2D eigenvalue weighted by Gasteiger charge is -2.08. The summed E-state index contributed by atoms with van der Waals surface area (Å²) in [5.41, 5.74) is 0.360. The van der Waals surface area contributed by atoms with Crippen molar-refractivity contribution in [2.75, 3.05) is 11.9 Å². The zero-order valence-electron chi connectivity index (χ0n) is 11.4. The van der Waals surface area contributed by atoms with Crippen LogP contribution in [0.15, 0.2) is 16.6 Å². The second kappa shape index (κ2) is 9.29. The molecule has 0 aliphatic carbocycles. The number of unbranched alkanes of at least 4 members (excludes halogenated alkanes) is 6. The van der Waals surface area contributed by atoms with Crippen LogP contribution in [0.2, 0.25) is 0 Å². The molecule has 0 unspecified atom stereocenters. The highest BCUT2D eigenvalue weighted by Gasteiger charge is 2.07. The van der Waals surface area contributed by atoms with Gasteiger partial charge in [-0.25, -0.2) is 8.78 Å². The van der Waals surface area contributed by atoms with E-state index in [-0.39, 0.29) is 4.47 Å². The van der Waals surface area contributed by atoms with Crippen molar-refractivity contribution in [2.45, 2.75) is 51.9 Å². The van der Waals surface area contributed by atoms with Crippen LogP contribution in [0.25, 0.3) is 0 Å². The molecule has 0 atom stereocenters. The van der Waals surface area contributed by atoms with E-state index in [0.29, 0.717) is 5.69 Å². The Morgan fingerprint density at radius 1 is 0.947 bits per heavy atom. The molecule has 0 saturated heterocycles. The first-order valence-electron chi connectivity index (χ1n) is 7.03. The fourth-order valence-electron chi connectivity index (χ4n) is 1.96. The zero-order valence-corrected chi connectivity index (χ0v) is 13.0. The Kier molecular flexibility index (Phi) is 8.03. The van der Waals surface area contributed by atoms with Gasteiger partial charge >= 0.3 is 0 Å². The lowest BCUT2D eigenvalue weighted by molar-refractivity contribution is 0.578. The summed E-state index contributed by atoms with van der Waals surface area (Å²) in [4.78, 5) is 0. The topological polar surface area (TPSA) is 12.0 Å². The van der Waals surface area contributed by atoms with E-state index in [9.17, 15) is 8.78 Å². The molecule has 0 radical (unpaired) electrons. The third-order valence-corrected chi connectivity index (χ3v) is 3.71. The Labute approximate surface area is 122 Å². The quantitative estimate of drug-likeness (QED) is 0.438. The van der Waals surface area contributed by atoms with Gasteiger partial charge < -0.3 is 5.32 Å². The van der Waals surface area contributed by atoms with Gasteiger partial charge in [-0.05, 0) is 28.4 Å². The molecule has 0 fully saturated rings. The van der Waals surface area contributed by atoms with E-state index >= 15 is 0 Å². The standard InChI is InChI=1S/C15H22BrF2N/c1-2-3-4-5-6-7-8-9-19-15-10-12(16)13(17)11-14(15)18/h10-11,19H,2-9H2,1H3. The van der Waals surface area contributed by atoms with E-state index in [1.54, 1.807) is 0 Å². The summed E-state index contributed by atoms with van der Waals surface area (Å²) >= 11 is 3.06. The summed E-state index contributed by atoms with van der Waals surface area (Å²) in [6.45, 7) is 2.93. The molecule has 1 N–H and O–H groups in total. The number of halogens is 3. The van der Waals surface area contributed by atoms with Gasteiger partial charge in [-0.15, -0.1) is 0 Å². The van der Waals surface area contributed by atoms with E-state index in [1.165, 1.54) is 38.2 Å². The molecule has 0 aromatic heterocycles. The van der Waals surface area contributed by atoms with Crippen molar-refractivity contribution in [3.05, 3.63) is 28.2 Å². The third kappa shape index (κ3) is 6.37. The summed E-state index contributed by atoms with van der Waals surface area (Å²) in [7, 11) is 0. The fraction of sp³-hybridized carbons (Fsp3) is 0.600. The van der Waals surface area contributed by atoms with Gasteiger partial charge in [0.2, 0.25) is 0 Å². The summed E-state index contributed by atoms with van der Waals surface area (Å²) in [6.07, 6.45) is 8.57. The van der Waals surface area contributed by atoms with E-state index in [4.69, 9.17) is 0 Å². The van der Waals surface area contributed by atoms with Crippen LogP contribution in [0.3, 0.4) is 0 Å².